The Bertz CT molecular complexity index is 390. The molecule has 0 heterocycles. The van der Waals surface area contributed by atoms with Crippen LogP contribution in [0.4, 0.5) is 0 Å². The van der Waals surface area contributed by atoms with E-state index in [1.165, 1.54) is 0 Å². The van der Waals surface area contributed by atoms with Gasteiger partial charge in [-0.2, -0.15) is 0 Å². The molecule has 148 valence electrons. The van der Waals surface area contributed by atoms with Crippen molar-refractivity contribution in [2.45, 2.75) is 92.6 Å². The summed E-state index contributed by atoms with van der Waals surface area (Å²) in [6.07, 6.45) is 4.27. The number of carbonyl (C=O) groups is 2. The van der Waals surface area contributed by atoms with E-state index in [9.17, 15) is 14.7 Å². The molecule has 1 atom stereocenters. The number of unbranched alkanes of at least 4 members (excludes halogenated alkanes) is 1. The standard InChI is InChI=1S/C20H38O5/c1-19(2,3)12-8-7-10-17(22)24-14-16(21)15-25-18(23)11-9-13-20(4,5)6/h16,21H,7-15H2,1-6H3. The third-order valence-electron chi connectivity index (χ3n) is 3.74. The van der Waals surface area contributed by atoms with Gasteiger partial charge in [-0.25, -0.2) is 0 Å². The maximum atomic E-state index is 11.6. The second kappa shape index (κ2) is 11.5. The number of hydrogen-bond donors (Lipinski definition) is 1. The zero-order valence-corrected chi connectivity index (χ0v) is 17.0. The highest BCUT2D eigenvalue weighted by Gasteiger charge is 2.15. The zero-order valence-electron chi connectivity index (χ0n) is 17.0. The summed E-state index contributed by atoms with van der Waals surface area (Å²) < 4.78 is 10.0. The summed E-state index contributed by atoms with van der Waals surface area (Å²) in [6, 6.07) is 0. The molecule has 1 unspecified atom stereocenters. The van der Waals surface area contributed by atoms with Gasteiger partial charge in [-0.05, 0) is 36.5 Å². The Morgan fingerprint density at radius 3 is 1.60 bits per heavy atom. The van der Waals surface area contributed by atoms with Crippen LogP contribution in [0.15, 0.2) is 0 Å². The highest BCUT2D eigenvalue weighted by Crippen LogP contribution is 2.22. The molecule has 0 fully saturated rings. The van der Waals surface area contributed by atoms with Gasteiger partial charge in [0.1, 0.15) is 19.3 Å². The van der Waals surface area contributed by atoms with Gasteiger partial charge in [0.25, 0.3) is 0 Å². The molecule has 5 heteroatoms. The lowest BCUT2D eigenvalue weighted by molar-refractivity contribution is -0.152. The maximum Gasteiger partial charge on any atom is 0.305 e. The van der Waals surface area contributed by atoms with Crippen molar-refractivity contribution in [2.75, 3.05) is 13.2 Å². The number of aliphatic hydroxyl groups is 1. The molecule has 0 aliphatic carbocycles. The summed E-state index contributed by atoms with van der Waals surface area (Å²) in [6.45, 7) is 12.6. The minimum Gasteiger partial charge on any atom is -0.463 e. The average molecular weight is 359 g/mol. The first-order valence-electron chi connectivity index (χ1n) is 9.38. The smallest absolute Gasteiger partial charge is 0.305 e. The molecule has 0 saturated heterocycles. The van der Waals surface area contributed by atoms with Gasteiger partial charge in [-0.1, -0.05) is 48.0 Å². The molecular formula is C20H38O5. The quantitative estimate of drug-likeness (QED) is 0.441. The summed E-state index contributed by atoms with van der Waals surface area (Å²) in [4.78, 5) is 23.2. The van der Waals surface area contributed by atoms with E-state index in [0.717, 1.165) is 32.1 Å². The van der Waals surface area contributed by atoms with E-state index in [0.29, 0.717) is 12.8 Å². The van der Waals surface area contributed by atoms with Crippen LogP contribution in [0.25, 0.3) is 0 Å². The molecule has 0 saturated carbocycles. The Morgan fingerprint density at radius 1 is 0.760 bits per heavy atom. The van der Waals surface area contributed by atoms with Crippen LogP contribution in [0.3, 0.4) is 0 Å². The molecule has 0 radical (unpaired) electrons. The summed E-state index contributed by atoms with van der Waals surface area (Å²) >= 11 is 0. The molecule has 0 bridgehead atoms. The molecular weight excluding hydrogens is 320 g/mol. The normalized spacial score (nSPS) is 13.4. The van der Waals surface area contributed by atoms with E-state index in [1.807, 2.05) is 0 Å². The van der Waals surface area contributed by atoms with E-state index in [2.05, 4.69) is 41.5 Å². The Hall–Kier alpha value is -1.10. The topological polar surface area (TPSA) is 72.8 Å². The Balaban J connectivity index is 3.70. The Kier molecular flexibility index (Phi) is 11.0. The molecule has 25 heavy (non-hydrogen) atoms. The Morgan fingerprint density at radius 2 is 1.16 bits per heavy atom. The van der Waals surface area contributed by atoms with Crippen molar-refractivity contribution >= 4 is 11.9 Å². The van der Waals surface area contributed by atoms with Crippen LogP contribution in [-0.2, 0) is 19.1 Å². The molecule has 0 aliphatic rings. The molecule has 0 spiro atoms. The first-order chi connectivity index (χ1) is 11.4. The van der Waals surface area contributed by atoms with Crippen LogP contribution in [0.2, 0.25) is 0 Å². The number of aliphatic hydroxyl groups excluding tert-OH is 1. The van der Waals surface area contributed by atoms with E-state index < -0.39 is 6.10 Å². The predicted octanol–water partition coefficient (Wildman–Crippen LogP) is 4.26. The fourth-order valence-corrected chi connectivity index (χ4v) is 2.26. The zero-order chi connectivity index (χ0) is 19.5. The molecule has 0 aromatic rings. The van der Waals surface area contributed by atoms with Crippen LogP contribution in [0.5, 0.6) is 0 Å². The van der Waals surface area contributed by atoms with Crippen molar-refractivity contribution in [3.63, 3.8) is 0 Å². The predicted molar refractivity (Wildman–Crippen MR) is 99.2 cm³/mol. The molecule has 5 nitrogen and oxygen atoms in total. The van der Waals surface area contributed by atoms with Gasteiger partial charge in [-0.3, -0.25) is 9.59 Å². The number of rotatable bonds is 11. The van der Waals surface area contributed by atoms with E-state index >= 15 is 0 Å². The van der Waals surface area contributed by atoms with Crippen LogP contribution < -0.4 is 0 Å². The van der Waals surface area contributed by atoms with Gasteiger partial charge in [0.2, 0.25) is 0 Å². The van der Waals surface area contributed by atoms with Crippen molar-refractivity contribution in [1.82, 2.24) is 0 Å². The second-order valence-corrected chi connectivity index (χ2v) is 9.20. The average Bonchev–Trinajstić information content (AvgIpc) is 2.45. The monoisotopic (exact) mass is 358 g/mol. The van der Waals surface area contributed by atoms with Crippen LogP contribution >= 0.6 is 0 Å². The van der Waals surface area contributed by atoms with Gasteiger partial charge in [0.05, 0.1) is 0 Å². The SMILES string of the molecule is CC(C)(C)CCCCC(=O)OCC(O)COC(=O)CCCC(C)(C)C. The van der Waals surface area contributed by atoms with Crippen LogP contribution in [0, 0.1) is 10.8 Å². The van der Waals surface area contributed by atoms with Gasteiger partial charge < -0.3 is 14.6 Å². The van der Waals surface area contributed by atoms with Gasteiger partial charge in [0.15, 0.2) is 0 Å². The van der Waals surface area contributed by atoms with Crippen molar-refractivity contribution in [3.05, 3.63) is 0 Å². The third-order valence-corrected chi connectivity index (χ3v) is 3.74. The van der Waals surface area contributed by atoms with Gasteiger partial charge in [-0.15, -0.1) is 0 Å². The van der Waals surface area contributed by atoms with Crippen LogP contribution in [0.1, 0.15) is 86.5 Å². The fraction of sp³-hybridized carbons (Fsp3) is 0.900. The minimum atomic E-state index is -0.968. The molecule has 0 rings (SSSR count). The number of hydrogen-bond acceptors (Lipinski definition) is 5. The maximum absolute atomic E-state index is 11.6. The van der Waals surface area contributed by atoms with Crippen LogP contribution in [-0.4, -0.2) is 36.4 Å². The minimum absolute atomic E-state index is 0.132. The largest absolute Gasteiger partial charge is 0.463 e. The summed E-state index contributed by atoms with van der Waals surface area (Å²) in [5, 5.41) is 9.73. The van der Waals surface area contributed by atoms with Gasteiger partial charge in [0, 0.05) is 12.8 Å². The lowest BCUT2D eigenvalue weighted by Crippen LogP contribution is -2.25. The summed E-state index contributed by atoms with van der Waals surface area (Å²) in [5.74, 6) is -0.638. The fourth-order valence-electron chi connectivity index (χ4n) is 2.26. The van der Waals surface area contributed by atoms with Gasteiger partial charge >= 0.3 is 11.9 Å². The Labute approximate surface area is 153 Å². The first kappa shape index (κ1) is 23.9. The highest BCUT2D eigenvalue weighted by atomic mass is 16.6. The van der Waals surface area contributed by atoms with Crippen molar-refractivity contribution in [3.8, 4) is 0 Å². The lowest BCUT2D eigenvalue weighted by atomic mass is 9.89. The van der Waals surface area contributed by atoms with E-state index in [4.69, 9.17) is 9.47 Å². The number of esters is 2. The van der Waals surface area contributed by atoms with Crippen molar-refractivity contribution in [1.29, 1.82) is 0 Å². The lowest BCUT2D eigenvalue weighted by Gasteiger charge is -2.17. The molecule has 0 amide bonds. The van der Waals surface area contributed by atoms with Crippen molar-refractivity contribution < 1.29 is 24.2 Å². The van der Waals surface area contributed by atoms with E-state index in [-0.39, 0.29) is 36.0 Å². The molecule has 0 aromatic carbocycles. The summed E-state index contributed by atoms with van der Waals surface area (Å²) in [5.41, 5.74) is 0.470. The highest BCUT2D eigenvalue weighted by molar-refractivity contribution is 5.69. The third kappa shape index (κ3) is 17.5. The molecule has 1 N–H and O–H groups in total. The summed E-state index contributed by atoms with van der Waals surface area (Å²) in [7, 11) is 0. The molecule has 0 aliphatic heterocycles. The number of carbonyl (C=O) groups excluding carboxylic acids is 2. The number of ether oxygens (including phenoxy) is 2. The van der Waals surface area contributed by atoms with Crippen molar-refractivity contribution in [2.24, 2.45) is 10.8 Å². The first-order valence-corrected chi connectivity index (χ1v) is 9.38. The second-order valence-electron chi connectivity index (χ2n) is 9.20. The molecule has 0 aromatic heterocycles. The van der Waals surface area contributed by atoms with E-state index in [1.54, 1.807) is 0 Å².